The van der Waals surface area contributed by atoms with Crippen molar-refractivity contribution in [3.8, 4) is 0 Å². The molecule has 1 aliphatic carbocycles. The molecule has 3 N–H and O–H groups in total. The molecule has 2 aliphatic rings. The van der Waals surface area contributed by atoms with Crippen LogP contribution in [0.2, 0.25) is 0 Å². The van der Waals surface area contributed by atoms with Crippen LogP contribution in [0.4, 0.5) is 0 Å². The van der Waals surface area contributed by atoms with Crippen LogP contribution in [-0.2, 0) is 10.2 Å². The van der Waals surface area contributed by atoms with E-state index in [1.165, 1.54) is 4.31 Å². The lowest BCUT2D eigenvalue weighted by Gasteiger charge is -2.29. The summed E-state index contributed by atoms with van der Waals surface area (Å²) in [6.45, 7) is 1.50. The predicted octanol–water partition coefficient (Wildman–Crippen LogP) is 0.708. The highest BCUT2D eigenvalue weighted by Crippen LogP contribution is 2.31. The highest BCUT2D eigenvalue weighted by atomic mass is 32.2. The van der Waals surface area contributed by atoms with Crippen LogP contribution in [0.25, 0.3) is 0 Å². The lowest BCUT2D eigenvalue weighted by Crippen LogP contribution is -2.46. The summed E-state index contributed by atoms with van der Waals surface area (Å²) in [6, 6.07) is 0.0924. The van der Waals surface area contributed by atoms with E-state index >= 15 is 0 Å². The second-order valence-electron chi connectivity index (χ2n) is 5.50. The Kier molecular flexibility index (Phi) is 5.22. The third-order valence-electron chi connectivity index (χ3n) is 3.86. The van der Waals surface area contributed by atoms with Crippen molar-refractivity contribution < 1.29 is 13.6 Å². The fourth-order valence-electron chi connectivity index (χ4n) is 2.54. The summed E-state index contributed by atoms with van der Waals surface area (Å²) in [5.41, 5.74) is 5.45. The molecule has 20 heavy (non-hydrogen) atoms. The number of oxime groups is 1. The van der Waals surface area contributed by atoms with E-state index in [1.54, 1.807) is 4.31 Å². The maximum absolute atomic E-state index is 12.7. The van der Waals surface area contributed by atoms with Crippen LogP contribution in [0.15, 0.2) is 5.16 Å². The highest BCUT2D eigenvalue weighted by molar-refractivity contribution is 7.86. The standard InChI is InChI=1S/C12H24N4O3S/c13-12(14-17)7-10-16(11-5-6-11)20(18,19)15-8-3-1-2-4-9-15/h11,17H,1-10H2,(H2,13,14). The Bertz CT molecular complexity index is 440. The van der Waals surface area contributed by atoms with Gasteiger partial charge in [0.25, 0.3) is 10.2 Å². The number of amidine groups is 1. The number of rotatable bonds is 6. The third kappa shape index (κ3) is 3.83. The molecule has 0 amide bonds. The van der Waals surface area contributed by atoms with E-state index in [-0.39, 0.29) is 18.3 Å². The maximum atomic E-state index is 12.7. The Morgan fingerprint density at radius 2 is 1.85 bits per heavy atom. The van der Waals surface area contributed by atoms with E-state index in [2.05, 4.69) is 5.16 Å². The Labute approximate surface area is 120 Å². The smallest absolute Gasteiger partial charge is 0.282 e. The quantitative estimate of drug-likeness (QED) is 0.327. The van der Waals surface area contributed by atoms with Crippen LogP contribution >= 0.6 is 0 Å². The van der Waals surface area contributed by atoms with Crippen molar-refractivity contribution in [2.45, 2.75) is 51.0 Å². The van der Waals surface area contributed by atoms with Crippen LogP contribution in [0.5, 0.6) is 0 Å². The van der Waals surface area contributed by atoms with Gasteiger partial charge in [0.15, 0.2) is 0 Å². The maximum Gasteiger partial charge on any atom is 0.282 e. The first kappa shape index (κ1) is 15.5. The highest BCUT2D eigenvalue weighted by Gasteiger charge is 2.40. The average Bonchev–Trinajstić information content (AvgIpc) is 3.24. The summed E-state index contributed by atoms with van der Waals surface area (Å²) in [5.74, 6) is 0.0710. The zero-order valence-electron chi connectivity index (χ0n) is 11.7. The van der Waals surface area contributed by atoms with Gasteiger partial charge in [-0.05, 0) is 25.7 Å². The number of nitrogens with two attached hydrogens (primary N) is 1. The van der Waals surface area contributed by atoms with Crippen molar-refractivity contribution in [2.75, 3.05) is 19.6 Å². The van der Waals surface area contributed by atoms with Crippen LogP contribution in [0.3, 0.4) is 0 Å². The fourth-order valence-corrected chi connectivity index (χ4v) is 4.47. The molecule has 1 saturated carbocycles. The monoisotopic (exact) mass is 304 g/mol. The molecule has 0 aromatic carbocycles. The molecule has 8 heteroatoms. The summed E-state index contributed by atoms with van der Waals surface area (Å²) < 4.78 is 28.6. The second-order valence-corrected chi connectivity index (χ2v) is 7.39. The van der Waals surface area contributed by atoms with Gasteiger partial charge in [-0.15, -0.1) is 0 Å². The first-order chi connectivity index (χ1) is 9.55. The summed E-state index contributed by atoms with van der Waals surface area (Å²) in [7, 11) is -3.41. The van der Waals surface area contributed by atoms with Gasteiger partial charge in [-0.1, -0.05) is 18.0 Å². The molecule has 7 nitrogen and oxygen atoms in total. The molecule has 2 rings (SSSR count). The molecule has 0 spiro atoms. The fraction of sp³-hybridized carbons (Fsp3) is 0.917. The molecule has 0 radical (unpaired) electrons. The van der Waals surface area contributed by atoms with Crippen molar-refractivity contribution in [3.63, 3.8) is 0 Å². The molecule has 0 aromatic heterocycles. The lowest BCUT2D eigenvalue weighted by atomic mass is 10.2. The second kappa shape index (κ2) is 6.73. The molecule has 1 aliphatic heterocycles. The number of nitrogens with zero attached hydrogens (tertiary/aromatic N) is 3. The number of hydrogen-bond donors (Lipinski definition) is 2. The van der Waals surface area contributed by atoms with E-state index in [9.17, 15) is 8.42 Å². The zero-order chi connectivity index (χ0) is 14.6. The van der Waals surface area contributed by atoms with E-state index in [1.807, 2.05) is 0 Å². The van der Waals surface area contributed by atoms with Crippen molar-refractivity contribution >= 4 is 16.0 Å². The minimum Gasteiger partial charge on any atom is -0.409 e. The summed E-state index contributed by atoms with van der Waals surface area (Å²) in [4.78, 5) is 0. The summed E-state index contributed by atoms with van der Waals surface area (Å²) >= 11 is 0. The molecule has 0 aromatic rings. The normalized spacial score (nSPS) is 22.9. The Hall–Kier alpha value is -0.860. The molecular formula is C12H24N4O3S. The van der Waals surface area contributed by atoms with Gasteiger partial charge in [0.05, 0.1) is 0 Å². The van der Waals surface area contributed by atoms with Gasteiger partial charge >= 0.3 is 0 Å². The van der Waals surface area contributed by atoms with E-state index in [0.29, 0.717) is 19.6 Å². The molecule has 116 valence electrons. The van der Waals surface area contributed by atoms with E-state index in [0.717, 1.165) is 38.5 Å². The first-order valence-electron chi connectivity index (χ1n) is 7.29. The van der Waals surface area contributed by atoms with Gasteiger partial charge in [0.1, 0.15) is 5.84 Å². The van der Waals surface area contributed by atoms with Crippen molar-refractivity contribution in [1.82, 2.24) is 8.61 Å². The SMILES string of the molecule is NC(CCN(C1CC1)S(=O)(=O)N1CCCCCC1)=NO. The summed E-state index contributed by atoms with van der Waals surface area (Å²) in [6.07, 6.45) is 6.13. The van der Waals surface area contributed by atoms with Gasteiger partial charge in [0, 0.05) is 32.1 Å². The van der Waals surface area contributed by atoms with Gasteiger partial charge in [0.2, 0.25) is 0 Å². The van der Waals surface area contributed by atoms with Crippen LogP contribution < -0.4 is 5.73 Å². The van der Waals surface area contributed by atoms with Gasteiger partial charge in [-0.25, -0.2) is 0 Å². The average molecular weight is 304 g/mol. The van der Waals surface area contributed by atoms with Crippen molar-refractivity contribution in [2.24, 2.45) is 10.9 Å². The minimum atomic E-state index is -3.41. The van der Waals surface area contributed by atoms with Gasteiger partial charge in [-0.3, -0.25) is 0 Å². The van der Waals surface area contributed by atoms with Gasteiger partial charge < -0.3 is 10.9 Å². The minimum absolute atomic E-state index is 0.0710. The van der Waals surface area contributed by atoms with Gasteiger partial charge in [-0.2, -0.15) is 17.0 Å². The topological polar surface area (TPSA) is 99.2 Å². The third-order valence-corrected chi connectivity index (χ3v) is 5.95. The first-order valence-corrected chi connectivity index (χ1v) is 8.68. The van der Waals surface area contributed by atoms with E-state index < -0.39 is 10.2 Å². The Morgan fingerprint density at radius 3 is 2.35 bits per heavy atom. The Balaban J connectivity index is 2.06. The predicted molar refractivity (Wildman–Crippen MR) is 76.7 cm³/mol. The van der Waals surface area contributed by atoms with Crippen molar-refractivity contribution in [1.29, 1.82) is 0 Å². The van der Waals surface area contributed by atoms with Crippen molar-refractivity contribution in [3.05, 3.63) is 0 Å². The molecule has 0 atom stereocenters. The summed E-state index contributed by atoms with van der Waals surface area (Å²) in [5, 5.41) is 11.5. The van der Waals surface area contributed by atoms with Crippen LogP contribution in [-0.4, -0.2) is 53.7 Å². The number of hydrogen-bond acceptors (Lipinski definition) is 4. The molecule has 1 heterocycles. The zero-order valence-corrected chi connectivity index (χ0v) is 12.6. The molecule has 0 unspecified atom stereocenters. The molecule has 0 bridgehead atoms. The molecular weight excluding hydrogens is 280 g/mol. The van der Waals surface area contributed by atoms with E-state index in [4.69, 9.17) is 10.9 Å². The van der Waals surface area contributed by atoms with Crippen LogP contribution in [0, 0.1) is 0 Å². The van der Waals surface area contributed by atoms with Crippen LogP contribution in [0.1, 0.15) is 44.9 Å². The Morgan fingerprint density at radius 1 is 1.25 bits per heavy atom. The lowest BCUT2D eigenvalue weighted by molar-refractivity contribution is 0.313. The molecule has 1 saturated heterocycles. The molecule has 2 fully saturated rings. The largest absolute Gasteiger partial charge is 0.409 e.